The SMILES string of the molecule is Cc1cccc2c1c1c(C)cccc1n2-c1ccc(-c2ccccc2C(F)(F)F)c(-n2c3cccc(C)c3c3c(C)cccc32)c1C#N. The van der Waals surface area contributed by atoms with Crippen LogP contribution in [0, 0.1) is 39.0 Å². The van der Waals surface area contributed by atoms with Gasteiger partial charge in [0.15, 0.2) is 0 Å². The minimum atomic E-state index is -4.60. The van der Waals surface area contributed by atoms with E-state index in [0.717, 1.165) is 71.9 Å². The molecule has 8 aromatic rings. The van der Waals surface area contributed by atoms with Gasteiger partial charge in [0, 0.05) is 27.1 Å². The van der Waals surface area contributed by atoms with Crippen LogP contribution in [0.5, 0.6) is 0 Å². The average Bonchev–Trinajstić information content (AvgIpc) is 3.59. The van der Waals surface area contributed by atoms with Crippen molar-refractivity contribution in [3.63, 3.8) is 0 Å². The number of aryl methyl sites for hydroxylation is 4. The number of hydrogen-bond acceptors (Lipinski definition) is 1. The van der Waals surface area contributed by atoms with Gasteiger partial charge < -0.3 is 9.13 Å². The van der Waals surface area contributed by atoms with Crippen molar-refractivity contribution < 1.29 is 13.2 Å². The van der Waals surface area contributed by atoms with Crippen LogP contribution in [0.4, 0.5) is 13.2 Å². The number of alkyl halides is 3. The predicted molar refractivity (Wildman–Crippen MR) is 189 cm³/mol. The van der Waals surface area contributed by atoms with E-state index in [1.807, 2.05) is 79.1 Å². The van der Waals surface area contributed by atoms with Crippen molar-refractivity contribution in [2.75, 3.05) is 0 Å². The van der Waals surface area contributed by atoms with Crippen LogP contribution < -0.4 is 0 Å². The van der Waals surface area contributed by atoms with Crippen molar-refractivity contribution in [3.05, 3.63) is 143 Å². The van der Waals surface area contributed by atoms with Crippen LogP contribution in [0.1, 0.15) is 33.4 Å². The Balaban J connectivity index is 1.62. The molecule has 6 heteroatoms. The van der Waals surface area contributed by atoms with E-state index < -0.39 is 11.7 Å². The van der Waals surface area contributed by atoms with Gasteiger partial charge in [0.1, 0.15) is 11.6 Å². The van der Waals surface area contributed by atoms with Gasteiger partial charge in [-0.05, 0) is 91.9 Å². The van der Waals surface area contributed by atoms with Crippen LogP contribution in [0.3, 0.4) is 0 Å². The van der Waals surface area contributed by atoms with Crippen molar-refractivity contribution in [1.29, 1.82) is 5.26 Å². The summed E-state index contributed by atoms with van der Waals surface area (Å²) in [6.45, 7) is 8.25. The monoisotopic (exact) mass is 633 g/mol. The smallest absolute Gasteiger partial charge is 0.308 e. The lowest BCUT2D eigenvalue weighted by atomic mass is 9.94. The highest BCUT2D eigenvalue weighted by Crippen LogP contribution is 2.46. The highest BCUT2D eigenvalue weighted by Gasteiger charge is 2.35. The summed E-state index contributed by atoms with van der Waals surface area (Å²) in [4.78, 5) is 0. The summed E-state index contributed by atoms with van der Waals surface area (Å²) in [6, 6.07) is 35.9. The number of halogens is 3. The molecule has 0 atom stereocenters. The number of benzene rings is 6. The Labute approximate surface area is 275 Å². The second kappa shape index (κ2) is 10.6. The summed E-state index contributed by atoms with van der Waals surface area (Å²) in [5, 5.41) is 15.4. The Kier molecular flexibility index (Phi) is 6.54. The third-order valence-corrected chi connectivity index (χ3v) is 9.72. The maximum absolute atomic E-state index is 14.7. The van der Waals surface area contributed by atoms with Gasteiger partial charge in [0.05, 0.1) is 39.0 Å². The number of hydrogen-bond donors (Lipinski definition) is 0. The molecule has 48 heavy (non-hydrogen) atoms. The Hall–Kier alpha value is -5.80. The molecule has 8 rings (SSSR count). The van der Waals surface area contributed by atoms with Crippen LogP contribution in [0.15, 0.2) is 109 Å². The van der Waals surface area contributed by atoms with E-state index in [2.05, 4.69) is 36.6 Å². The number of rotatable bonds is 3. The fourth-order valence-electron chi connectivity index (χ4n) is 7.71. The Morgan fingerprint density at radius 2 is 0.938 bits per heavy atom. The zero-order chi connectivity index (χ0) is 33.5. The first kappa shape index (κ1) is 29.6. The van der Waals surface area contributed by atoms with Crippen molar-refractivity contribution in [2.45, 2.75) is 33.9 Å². The number of nitriles is 1. The zero-order valence-corrected chi connectivity index (χ0v) is 26.9. The van der Waals surface area contributed by atoms with E-state index in [-0.39, 0.29) is 11.1 Å². The summed E-state index contributed by atoms with van der Waals surface area (Å²) < 4.78 is 48.1. The molecule has 0 saturated carbocycles. The average molecular weight is 634 g/mol. The Morgan fingerprint density at radius 3 is 1.38 bits per heavy atom. The first-order valence-electron chi connectivity index (χ1n) is 15.8. The molecule has 3 nitrogen and oxygen atoms in total. The number of nitrogens with zero attached hydrogens (tertiary/aromatic N) is 3. The Morgan fingerprint density at radius 1 is 0.500 bits per heavy atom. The first-order valence-corrected chi connectivity index (χ1v) is 15.8. The largest absolute Gasteiger partial charge is 0.417 e. The van der Waals surface area contributed by atoms with Gasteiger partial charge >= 0.3 is 6.18 Å². The number of aromatic nitrogens is 2. The van der Waals surface area contributed by atoms with Crippen molar-refractivity contribution >= 4 is 43.6 Å². The molecular weight excluding hydrogens is 603 g/mol. The van der Waals surface area contributed by atoms with Gasteiger partial charge in [-0.1, -0.05) is 72.8 Å². The predicted octanol–water partition coefficient (Wildman–Crippen LogP) is 11.7. The van der Waals surface area contributed by atoms with Gasteiger partial charge in [-0.15, -0.1) is 0 Å². The van der Waals surface area contributed by atoms with Crippen LogP contribution in [-0.2, 0) is 6.18 Å². The standard InChI is InChI=1S/C42H30F3N3/c1-24-11-7-17-33-37(24)38-25(2)12-8-18-34(38)47(33)32-22-21-29(28-15-5-6-16-31(28)42(43,44)45)41(30(32)23-46)48-35-19-9-13-26(3)39(35)40-27(4)14-10-20-36(40)48/h5-22H,1-4H3. The van der Waals surface area contributed by atoms with E-state index in [1.54, 1.807) is 18.2 Å². The van der Waals surface area contributed by atoms with Gasteiger partial charge in [-0.25, -0.2) is 0 Å². The maximum atomic E-state index is 14.7. The van der Waals surface area contributed by atoms with Crippen LogP contribution in [0.25, 0.3) is 66.1 Å². The number of fused-ring (bicyclic) bond motifs is 6. The van der Waals surface area contributed by atoms with Crippen LogP contribution in [0.2, 0.25) is 0 Å². The molecule has 0 N–H and O–H groups in total. The maximum Gasteiger partial charge on any atom is 0.417 e. The molecule has 2 aromatic heterocycles. The first-order chi connectivity index (χ1) is 23.1. The molecule has 6 aromatic carbocycles. The second-order valence-corrected chi connectivity index (χ2v) is 12.6. The molecule has 0 amide bonds. The van der Waals surface area contributed by atoms with E-state index in [0.29, 0.717) is 16.9 Å². The van der Waals surface area contributed by atoms with E-state index in [1.165, 1.54) is 12.1 Å². The van der Waals surface area contributed by atoms with Crippen LogP contribution >= 0.6 is 0 Å². The highest BCUT2D eigenvalue weighted by molar-refractivity contribution is 6.14. The molecule has 0 aliphatic carbocycles. The highest BCUT2D eigenvalue weighted by atomic mass is 19.4. The lowest BCUT2D eigenvalue weighted by molar-refractivity contribution is -0.137. The second-order valence-electron chi connectivity index (χ2n) is 12.6. The summed E-state index contributed by atoms with van der Waals surface area (Å²) in [5.41, 5.74) is 8.72. The van der Waals surface area contributed by atoms with E-state index in [9.17, 15) is 18.4 Å². The molecule has 2 heterocycles. The summed E-state index contributed by atoms with van der Waals surface area (Å²) in [5.74, 6) is 0. The molecule has 0 spiro atoms. The van der Waals surface area contributed by atoms with Crippen LogP contribution in [-0.4, -0.2) is 9.13 Å². The lowest BCUT2D eigenvalue weighted by Gasteiger charge is -2.22. The molecule has 0 saturated heterocycles. The quantitative estimate of drug-likeness (QED) is 0.191. The third-order valence-electron chi connectivity index (χ3n) is 9.72. The van der Waals surface area contributed by atoms with Gasteiger partial charge in [0.2, 0.25) is 0 Å². The lowest BCUT2D eigenvalue weighted by Crippen LogP contribution is -2.10. The molecule has 0 unspecified atom stereocenters. The fourth-order valence-corrected chi connectivity index (χ4v) is 7.71. The van der Waals surface area contributed by atoms with Crippen molar-refractivity contribution in [1.82, 2.24) is 9.13 Å². The van der Waals surface area contributed by atoms with Gasteiger partial charge in [-0.2, -0.15) is 18.4 Å². The van der Waals surface area contributed by atoms with Crippen molar-refractivity contribution in [3.8, 4) is 28.6 Å². The normalized spacial score (nSPS) is 12.0. The topological polar surface area (TPSA) is 33.6 Å². The third kappa shape index (κ3) is 4.14. The Bertz CT molecular complexity index is 2540. The molecular formula is C42H30F3N3. The van der Waals surface area contributed by atoms with E-state index in [4.69, 9.17) is 0 Å². The summed E-state index contributed by atoms with van der Waals surface area (Å²) >= 11 is 0. The minimum absolute atomic E-state index is 0.0206. The minimum Gasteiger partial charge on any atom is -0.308 e. The zero-order valence-electron chi connectivity index (χ0n) is 26.9. The van der Waals surface area contributed by atoms with E-state index >= 15 is 0 Å². The summed E-state index contributed by atoms with van der Waals surface area (Å²) in [7, 11) is 0. The summed E-state index contributed by atoms with van der Waals surface area (Å²) in [6.07, 6.45) is -4.60. The van der Waals surface area contributed by atoms with Gasteiger partial charge in [0.25, 0.3) is 0 Å². The molecule has 0 aliphatic heterocycles. The molecule has 0 radical (unpaired) electrons. The van der Waals surface area contributed by atoms with Gasteiger partial charge in [-0.3, -0.25) is 0 Å². The molecule has 0 aliphatic rings. The molecule has 0 fully saturated rings. The fraction of sp³-hybridized carbons (Fsp3) is 0.119. The molecule has 0 bridgehead atoms. The van der Waals surface area contributed by atoms with Crippen molar-refractivity contribution in [2.24, 2.45) is 0 Å². The molecule has 234 valence electrons.